The summed E-state index contributed by atoms with van der Waals surface area (Å²) in [5.41, 5.74) is 0.634. The van der Waals surface area contributed by atoms with Crippen molar-refractivity contribution in [3.63, 3.8) is 0 Å². The molecule has 2 aromatic rings. The van der Waals surface area contributed by atoms with Gasteiger partial charge in [0.1, 0.15) is 0 Å². The number of hydrogen-bond donors (Lipinski definition) is 3. The molecule has 0 radical (unpaired) electrons. The van der Waals surface area contributed by atoms with Crippen molar-refractivity contribution in [1.29, 1.82) is 0 Å². The minimum absolute atomic E-state index is 0.234. The molecule has 0 bridgehead atoms. The Bertz CT molecular complexity index is 781. The predicted molar refractivity (Wildman–Crippen MR) is 84.2 cm³/mol. The molecular formula is C16H14F3N3O2. The molecule has 0 aliphatic heterocycles. The number of rotatable bonds is 5. The number of hydrogen-bond acceptors (Lipinski definition) is 3. The molecule has 0 atom stereocenters. The van der Waals surface area contributed by atoms with Gasteiger partial charge >= 0.3 is 0 Å². The lowest BCUT2D eigenvalue weighted by atomic mass is 10.2. The Morgan fingerprint density at radius 3 is 2.38 bits per heavy atom. The van der Waals surface area contributed by atoms with Crippen LogP contribution in [0.5, 0.6) is 0 Å². The zero-order valence-corrected chi connectivity index (χ0v) is 12.6. The van der Waals surface area contributed by atoms with Crippen LogP contribution in [0.2, 0.25) is 0 Å². The number of carbonyl (C=O) groups is 2. The smallest absolute Gasteiger partial charge is 0.243 e. The van der Waals surface area contributed by atoms with Crippen molar-refractivity contribution in [2.75, 3.05) is 22.5 Å². The fourth-order valence-electron chi connectivity index (χ4n) is 1.91. The third-order valence-corrected chi connectivity index (χ3v) is 2.95. The summed E-state index contributed by atoms with van der Waals surface area (Å²) in [5.74, 6) is -5.33. The standard InChI is InChI=1S/C16H14F3N3O2/c1-9(23)21-11-4-2-3-10(7-11)20-8-14(24)22-13-6-5-12(17)15(18)16(13)19/h2-7,20H,8H2,1H3,(H,21,23)(H,22,24). The molecule has 0 saturated carbocycles. The first kappa shape index (κ1) is 17.3. The highest BCUT2D eigenvalue weighted by molar-refractivity contribution is 5.94. The van der Waals surface area contributed by atoms with Crippen LogP contribution in [0.25, 0.3) is 0 Å². The number of amides is 2. The molecule has 0 aliphatic carbocycles. The third-order valence-electron chi connectivity index (χ3n) is 2.95. The topological polar surface area (TPSA) is 70.2 Å². The number of carbonyl (C=O) groups excluding carboxylic acids is 2. The Morgan fingerprint density at radius 1 is 0.958 bits per heavy atom. The Balaban J connectivity index is 1.96. The van der Waals surface area contributed by atoms with E-state index in [1.54, 1.807) is 24.3 Å². The van der Waals surface area contributed by atoms with Crippen LogP contribution in [0.1, 0.15) is 6.92 Å². The maximum atomic E-state index is 13.5. The average Bonchev–Trinajstić information content (AvgIpc) is 2.53. The summed E-state index contributed by atoms with van der Waals surface area (Å²) in [6.07, 6.45) is 0. The first-order valence-electron chi connectivity index (χ1n) is 6.91. The summed E-state index contributed by atoms with van der Waals surface area (Å²) < 4.78 is 39.4. The Morgan fingerprint density at radius 2 is 1.67 bits per heavy atom. The van der Waals surface area contributed by atoms with Gasteiger partial charge in [-0.25, -0.2) is 13.2 Å². The van der Waals surface area contributed by atoms with Crippen LogP contribution in [-0.4, -0.2) is 18.4 Å². The van der Waals surface area contributed by atoms with Crippen LogP contribution >= 0.6 is 0 Å². The average molecular weight is 337 g/mol. The van der Waals surface area contributed by atoms with Gasteiger partial charge in [0.05, 0.1) is 12.2 Å². The SMILES string of the molecule is CC(=O)Nc1cccc(NCC(=O)Nc2ccc(F)c(F)c2F)c1. The van der Waals surface area contributed by atoms with Crippen LogP contribution in [0.15, 0.2) is 36.4 Å². The molecule has 2 amide bonds. The normalized spacial score (nSPS) is 10.2. The van der Waals surface area contributed by atoms with Gasteiger partial charge in [-0.3, -0.25) is 9.59 Å². The summed E-state index contributed by atoms with van der Waals surface area (Å²) in [7, 11) is 0. The monoisotopic (exact) mass is 337 g/mol. The largest absolute Gasteiger partial charge is 0.376 e. The number of halogens is 3. The second-order valence-corrected chi connectivity index (χ2v) is 4.89. The van der Waals surface area contributed by atoms with E-state index in [4.69, 9.17) is 0 Å². The Hall–Kier alpha value is -3.03. The van der Waals surface area contributed by atoms with E-state index in [2.05, 4.69) is 16.0 Å². The first-order chi connectivity index (χ1) is 11.4. The van der Waals surface area contributed by atoms with Gasteiger partial charge in [0, 0.05) is 18.3 Å². The van der Waals surface area contributed by atoms with Crippen molar-refractivity contribution in [1.82, 2.24) is 0 Å². The molecule has 3 N–H and O–H groups in total. The molecule has 24 heavy (non-hydrogen) atoms. The van der Waals surface area contributed by atoms with E-state index in [-0.39, 0.29) is 12.5 Å². The Labute approximate surface area is 135 Å². The summed E-state index contributed by atoms with van der Waals surface area (Å²) >= 11 is 0. The van der Waals surface area contributed by atoms with Crippen molar-refractivity contribution in [2.45, 2.75) is 6.92 Å². The molecule has 0 aliphatic rings. The van der Waals surface area contributed by atoms with E-state index in [1.165, 1.54) is 6.92 Å². The predicted octanol–water partition coefficient (Wildman–Crippen LogP) is 3.11. The Kier molecular flexibility index (Phi) is 5.41. The lowest BCUT2D eigenvalue weighted by Crippen LogP contribution is -2.22. The highest BCUT2D eigenvalue weighted by atomic mass is 19.2. The van der Waals surface area contributed by atoms with E-state index >= 15 is 0 Å². The molecule has 2 rings (SSSR count). The van der Waals surface area contributed by atoms with Crippen molar-refractivity contribution in [2.24, 2.45) is 0 Å². The number of benzene rings is 2. The highest BCUT2D eigenvalue weighted by Gasteiger charge is 2.15. The van der Waals surface area contributed by atoms with Gasteiger partial charge in [0.15, 0.2) is 17.5 Å². The minimum atomic E-state index is -1.65. The van der Waals surface area contributed by atoms with Crippen molar-refractivity contribution in [3.8, 4) is 0 Å². The quantitative estimate of drug-likeness (QED) is 0.734. The molecule has 126 valence electrons. The van der Waals surface area contributed by atoms with Gasteiger partial charge in [-0.15, -0.1) is 0 Å². The van der Waals surface area contributed by atoms with Crippen LogP contribution in [0, 0.1) is 17.5 Å². The van der Waals surface area contributed by atoms with Crippen molar-refractivity contribution < 1.29 is 22.8 Å². The summed E-state index contributed by atoms with van der Waals surface area (Å²) in [4.78, 5) is 22.8. The molecule has 0 fully saturated rings. The zero-order chi connectivity index (χ0) is 17.7. The van der Waals surface area contributed by atoms with Gasteiger partial charge in [-0.05, 0) is 30.3 Å². The number of nitrogens with one attached hydrogen (secondary N) is 3. The molecule has 0 aromatic heterocycles. The molecule has 8 heteroatoms. The van der Waals surface area contributed by atoms with E-state index in [0.717, 1.165) is 12.1 Å². The van der Waals surface area contributed by atoms with Crippen LogP contribution < -0.4 is 16.0 Å². The second-order valence-electron chi connectivity index (χ2n) is 4.89. The van der Waals surface area contributed by atoms with Gasteiger partial charge < -0.3 is 16.0 Å². The molecular weight excluding hydrogens is 323 g/mol. The van der Waals surface area contributed by atoms with Gasteiger partial charge in [-0.2, -0.15) is 0 Å². The minimum Gasteiger partial charge on any atom is -0.376 e. The van der Waals surface area contributed by atoms with Gasteiger partial charge in [0.25, 0.3) is 0 Å². The third kappa shape index (κ3) is 4.48. The maximum absolute atomic E-state index is 13.5. The second kappa shape index (κ2) is 7.49. The van der Waals surface area contributed by atoms with Crippen LogP contribution in [0.4, 0.5) is 30.2 Å². The molecule has 0 spiro atoms. The summed E-state index contributed by atoms with van der Waals surface area (Å²) in [6, 6.07) is 8.26. The van der Waals surface area contributed by atoms with Crippen molar-refractivity contribution >= 4 is 28.9 Å². The highest BCUT2D eigenvalue weighted by Crippen LogP contribution is 2.19. The van der Waals surface area contributed by atoms with E-state index < -0.39 is 29.0 Å². The molecule has 0 heterocycles. The van der Waals surface area contributed by atoms with E-state index in [1.807, 2.05) is 0 Å². The molecule has 0 unspecified atom stereocenters. The molecule has 0 saturated heterocycles. The first-order valence-corrected chi connectivity index (χ1v) is 6.91. The van der Waals surface area contributed by atoms with Gasteiger partial charge in [0.2, 0.25) is 11.8 Å². The van der Waals surface area contributed by atoms with Crippen LogP contribution in [-0.2, 0) is 9.59 Å². The van der Waals surface area contributed by atoms with Crippen molar-refractivity contribution in [3.05, 3.63) is 53.8 Å². The van der Waals surface area contributed by atoms with Crippen LogP contribution in [0.3, 0.4) is 0 Å². The summed E-state index contributed by atoms with van der Waals surface area (Å²) in [5, 5.41) is 7.50. The molecule has 2 aromatic carbocycles. The zero-order valence-electron chi connectivity index (χ0n) is 12.6. The lowest BCUT2D eigenvalue weighted by Gasteiger charge is -2.10. The lowest BCUT2D eigenvalue weighted by molar-refractivity contribution is -0.115. The van der Waals surface area contributed by atoms with E-state index in [9.17, 15) is 22.8 Å². The number of anilines is 3. The molecule has 5 nitrogen and oxygen atoms in total. The summed E-state index contributed by atoms with van der Waals surface area (Å²) in [6.45, 7) is 1.13. The van der Waals surface area contributed by atoms with Gasteiger partial charge in [-0.1, -0.05) is 6.07 Å². The fourth-order valence-corrected chi connectivity index (χ4v) is 1.91. The fraction of sp³-hybridized carbons (Fsp3) is 0.125. The maximum Gasteiger partial charge on any atom is 0.243 e. The van der Waals surface area contributed by atoms with E-state index in [0.29, 0.717) is 11.4 Å².